The van der Waals surface area contributed by atoms with Gasteiger partial charge in [-0.15, -0.1) is 0 Å². The molecule has 0 unspecified atom stereocenters. The maximum atomic E-state index is 11.7. The predicted octanol–water partition coefficient (Wildman–Crippen LogP) is 2.39. The first kappa shape index (κ1) is 18.7. The minimum atomic E-state index is -1.41. The van der Waals surface area contributed by atoms with E-state index in [9.17, 15) is 5.11 Å². The molecular weight excluding hydrogens is 304 g/mol. The van der Waals surface area contributed by atoms with E-state index in [2.05, 4.69) is 11.8 Å². The van der Waals surface area contributed by atoms with Gasteiger partial charge in [0.25, 0.3) is 0 Å². The second-order valence-electron chi connectivity index (χ2n) is 6.41. The Bertz CT molecular complexity index is 666. The lowest BCUT2D eigenvalue weighted by molar-refractivity contribution is -0.229. The molecule has 0 saturated carbocycles. The van der Waals surface area contributed by atoms with Crippen molar-refractivity contribution in [1.29, 1.82) is 0 Å². The highest BCUT2D eigenvalue weighted by molar-refractivity contribution is 5.45. The molecule has 24 heavy (non-hydrogen) atoms. The van der Waals surface area contributed by atoms with Crippen LogP contribution in [-0.2, 0) is 21.5 Å². The van der Waals surface area contributed by atoms with Gasteiger partial charge in [0.2, 0.25) is 0 Å². The van der Waals surface area contributed by atoms with Gasteiger partial charge in [-0.25, -0.2) is 0 Å². The number of benzene rings is 1. The molecule has 0 spiro atoms. The van der Waals surface area contributed by atoms with Crippen LogP contribution in [0.4, 0.5) is 0 Å². The van der Waals surface area contributed by atoms with Crippen LogP contribution >= 0.6 is 0 Å². The molecule has 0 radical (unpaired) electrons. The Hall–Kier alpha value is -1.64. The van der Waals surface area contributed by atoms with E-state index in [-0.39, 0.29) is 6.61 Å². The summed E-state index contributed by atoms with van der Waals surface area (Å²) in [6.45, 7) is 3.68. The Morgan fingerprint density at radius 3 is 2.62 bits per heavy atom. The molecule has 0 amide bonds. The van der Waals surface area contributed by atoms with E-state index < -0.39 is 17.3 Å². The fraction of sp³-hybridized carbons (Fsp3) is 0.500. The molecule has 0 aliphatic heterocycles. The highest BCUT2D eigenvalue weighted by Gasteiger charge is 2.55. The van der Waals surface area contributed by atoms with E-state index in [4.69, 9.17) is 14.6 Å². The van der Waals surface area contributed by atoms with Gasteiger partial charge in [0, 0.05) is 14.2 Å². The van der Waals surface area contributed by atoms with Crippen molar-refractivity contribution in [2.24, 2.45) is 5.41 Å². The number of allylic oxidation sites excluding steroid dienone is 1. The van der Waals surface area contributed by atoms with Crippen molar-refractivity contribution in [3.8, 4) is 11.8 Å². The van der Waals surface area contributed by atoms with Crippen molar-refractivity contribution in [1.82, 2.24) is 0 Å². The number of fused-ring (bicyclic) bond motifs is 1. The summed E-state index contributed by atoms with van der Waals surface area (Å²) in [5.74, 6) is 6.03. The van der Waals surface area contributed by atoms with Gasteiger partial charge < -0.3 is 19.7 Å². The first-order chi connectivity index (χ1) is 11.4. The summed E-state index contributed by atoms with van der Waals surface area (Å²) in [5.41, 5.74) is 0.451. The van der Waals surface area contributed by atoms with Gasteiger partial charge in [0.1, 0.15) is 0 Å². The zero-order valence-corrected chi connectivity index (χ0v) is 14.8. The Morgan fingerprint density at radius 2 is 2.00 bits per heavy atom. The van der Waals surface area contributed by atoms with Gasteiger partial charge in [-0.3, -0.25) is 0 Å². The molecule has 2 N–H and O–H groups in total. The molecule has 1 aromatic carbocycles. The molecule has 0 bridgehead atoms. The first-order valence-electron chi connectivity index (χ1n) is 8.10. The number of hydrogen-bond donors (Lipinski definition) is 2. The number of aryl methyl sites for hydroxylation is 1. The predicted molar refractivity (Wildman–Crippen MR) is 93.2 cm³/mol. The third-order valence-corrected chi connectivity index (χ3v) is 4.93. The lowest BCUT2D eigenvalue weighted by Gasteiger charge is -2.49. The third kappa shape index (κ3) is 3.13. The summed E-state index contributed by atoms with van der Waals surface area (Å²) in [4.78, 5) is 0. The van der Waals surface area contributed by atoms with Crippen molar-refractivity contribution in [3.63, 3.8) is 0 Å². The number of hydrogen-bond acceptors (Lipinski definition) is 4. The van der Waals surface area contributed by atoms with E-state index in [1.165, 1.54) is 0 Å². The third-order valence-electron chi connectivity index (χ3n) is 4.93. The number of ether oxygens (including phenoxy) is 2. The zero-order chi connectivity index (χ0) is 17.8. The summed E-state index contributed by atoms with van der Waals surface area (Å²) < 4.78 is 11.0. The minimum absolute atomic E-state index is 0.0778. The monoisotopic (exact) mass is 330 g/mol. The van der Waals surface area contributed by atoms with Crippen LogP contribution in [-0.4, -0.2) is 37.3 Å². The smallest absolute Gasteiger partial charge is 0.166 e. The first-order valence-corrected chi connectivity index (χ1v) is 8.10. The number of rotatable bonds is 4. The van der Waals surface area contributed by atoms with Crippen LogP contribution in [0.15, 0.2) is 35.9 Å². The fourth-order valence-corrected chi connectivity index (χ4v) is 3.47. The molecule has 1 aromatic rings. The molecular formula is C20H26O4. The van der Waals surface area contributed by atoms with Crippen LogP contribution in [0, 0.1) is 17.3 Å². The van der Waals surface area contributed by atoms with Gasteiger partial charge in [0.15, 0.2) is 11.9 Å². The standard InChI is InChI=1S/C20H26O4/c1-15(11-14-21)9-13-20(22)17-8-6-5-7-16(17)10-12-19(20,2)18(23-3)24-4/h5-8,11,18,21-22H,10,12,14H2,1-4H3/b15-11-/t19-,20-/m1/s1. The summed E-state index contributed by atoms with van der Waals surface area (Å²) in [7, 11) is 3.15. The van der Waals surface area contributed by atoms with Crippen LogP contribution in [0.5, 0.6) is 0 Å². The average Bonchev–Trinajstić information content (AvgIpc) is 2.58. The maximum absolute atomic E-state index is 11.7. The molecule has 2 rings (SSSR count). The molecule has 1 aliphatic rings. The molecule has 4 heteroatoms. The Labute approximate surface area is 144 Å². The second-order valence-corrected chi connectivity index (χ2v) is 6.41. The average molecular weight is 330 g/mol. The topological polar surface area (TPSA) is 58.9 Å². The minimum Gasteiger partial charge on any atom is -0.392 e. The lowest BCUT2D eigenvalue weighted by Crippen LogP contribution is -2.54. The molecule has 1 aliphatic carbocycles. The van der Waals surface area contributed by atoms with Crippen LogP contribution in [0.25, 0.3) is 0 Å². The highest BCUT2D eigenvalue weighted by atomic mass is 16.7. The number of aliphatic hydroxyl groups is 2. The van der Waals surface area contributed by atoms with Gasteiger partial charge in [-0.05, 0) is 42.5 Å². The summed E-state index contributed by atoms with van der Waals surface area (Å²) in [6.07, 6.45) is 2.54. The fourth-order valence-electron chi connectivity index (χ4n) is 3.47. The van der Waals surface area contributed by atoms with Crippen molar-refractivity contribution in [2.45, 2.75) is 38.6 Å². The van der Waals surface area contributed by atoms with Crippen molar-refractivity contribution >= 4 is 0 Å². The quantitative estimate of drug-likeness (QED) is 0.657. The van der Waals surface area contributed by atoms with Crippen LogP contribution in [0.1, 0.15) is 31.4 Å². The lowest BCUT2D eigenvalue weighted by atomic mass is 9.61. The van der Waals surface area contributed by atoms with E-state index in [1.807, 2.05) is 38.1 Å². The molecule has 4 nitrogen and oxygen atoms in total. The highest BCUT2D eigenvalue weighted by Crippen LogP contribution is 2.51. The van der Waals surface area contributed by atoms with Gasteiger partial charge in [-0.2, -0.15) is 0 Å². The normalized spacial score (nSPS) is 26.7. The van der Waals surface area contributed by atoms with Crippen LogP contribution < -0.4 is 0 Å². The maximum Gasteiger partial charge on any atom is 0.166 e. The zero-order valence-electron chi connectivity index (χ0n) is 14.8. The second kappa shape index (κ2) is 7.50. The summed E-state index contributed by atoms with van der Waals surface area (Å²) in [6, 6.07) is 7.81. The van der Waals surface area contributed by atoms with Gasteiger partial charge >= 0.3 is 0 Å². The van der Waals surface area contributed by atoms with Crippen LogP contribution in [0.2, 0.25) is 0 Å². The Kier molecular flexibility index (Phi) is 5.84. The molecule has 2 atom stereocenters. The molecule has 0 saturated heterocycles. The number of aliphatic hydroxyl groups excluding tert-OH is 1. The Balaban J connectivity index is 2.63. The largest absolute Gasteiger partial charge is 0.392 e. The van der Waals surface area contributed by atoms with Gasteiger partial charge in [0.05, 0.1) is 12.0 Å². The molecule has 130 valence electrons. The SMILES string of the molecule is COC(OC)[C@@]1(C)CCc2ccccc2[C@]1(O)C#C/C(C)=C\CO. The molecule has 0 fully saturated rings. The molecule has 0 heterocycles. The van der Waals surface area contributed by atoms with Crippen molar-refractivity contribution < 1.29 is 19.7 Å². The molecule has 0 aromatic heterocycles. The van der Waals surface area contributed by atoms with E-state index in [0.717, 1.165) is 17.5 Å². The van der Waals surface area contributed by atoms with E-state index in [0.29, 0.717) is 12.0 Å². The van der Waals surface area contributed by atoms with Crippen LogP contribution in [0.3, 0.4) is 0 Å². The van der Waals surface area contributed by atoms with Gasteiger partial charge in [-0.1, -0.05) is 43.0 Å². The summed E-state index contributed by atoms with van der Waals surface area (Å²) >= 11 is 0. The van der Waals surface area contributed by atoms with Crippen molar-refractivity contribution in [3.05, 3.63) is 47.0 Å². The van der Waals surface area contributed by atoms with E-state index in [1.54, 1.807) is 20.3 Å². The number of methoxy groups -OCH3 is 2. The Morgan fingerprint density at radius 1 is 1.33 bits per heavy atom. The van der Waals surface area contributed by atoms with E-state index >= 15 is 0 Å². The summed E-state index contributed by atoms with van der Waals surface area (Å²) in [5, 5.41) is 20.7. The van der Waals surface area contributed by atoms with Crippen molar-refractivity contribution in [2.75, 3.05) is 20.8 Å².